The SMILES string of the molecule is CC(Oc1ccc2c(c1)CCCC2)(C(=O)O)c1ccc(OCCCOc2ccc(Cl)cc2)cc1. The van der Waals surface area contributed by atoms with E-state index in [0.717, 1.165) is 25.0 Å². The molecule has 0 amide bonds. The average Bonchev–Trinajstić information content (AvgIpc) is 2.85. The Kier molecular flexibility index (Phi) is 7.63. The number of ether oxygens (including phenoxy) is 3. The molecule has 0 aliphatic heterocycles. The van der Waals surface area contributed by atoms with Crippen LogP contribution in [0.1, 0.15) is 42.9 Å². The Hall–Kier alpha value is -3.18. The summed E-state index contributed by atoms with van der Waals surface area (Å²) in [6, 6.07) is 20.2. The molecule has 5 nitrogen and oxygen atoms in total. The number of rotatable bonds is 10. The topological polar surface area (TPSA) is 65.0 Å². The monoisotopic (exact) mass is 480 g/mol. The van der Waals surface area contributed by atoms with Crippen molar-refractivity contribution in [2.45, 2.75) is 44.6 Å². The minimum atomic E-state index is -1.51. The van der Waals surface area contributed by atoms with Crippen LogP contribution in [0.15, 0.2) is 66.7 Å². The van der Waals surface area contributed by atoms with Gasteiger partial charge in [0.2, 0.25) is 5.60 Å². The van der Waals surface area contributed by atoms with Crippen LogP contribution in [-0.2, 0) is 23.2 Å². The summed E-state index contributed by atoms with van der Waals surface area (Å²) >= 11 is 5.87. The van der Waals surface area contributed by atoms with Gasteiger partial charge in [-0.15, -0.1) is 0 Å². The second-order valence-corrected chi connectivity index (χ2v) is 9.04. The Bertz CT molecular complexity index is 1110. The molecule has 1 aliphatic rings. The van der Waals surface area contributed by atoms with Crippen LogP contribution in [-0.4, -0.2) is 24.3 Å². The van der Waals surface area contributed by atoms with Gasteiger partial charge in [0.15, 0.2) is 0 Å². The maximum Gasteiger partial charge on any atom is 0.352 e. The van der Waals surface area contributed by atoms with Crippen molar-refractivity contribution < 1.29 is 24.1 Å². The van der Waals surface area contributed by atoms with Crippen LogP contribution in [0, 0.1) is 0 Å². The van der Waals surface area contributed by atoms with Crippen molar-refractivity contribution in [3.05, 3.63) is 88.4 Å². The molecule has 0 saturated carbocycles. The van der Waals surface area contributed by atoms with E-state index in [1.807, 2.05) is 24.3 Å². The number of hydrogen-bond donors (Lipinski definition) is 1. The summed E-state index contributed by atoms with van der Waals surface area (Å²) in [5.41, 5.74) is 1.63. The molecule has 3 aromatic rings. The van der Waals surface area contributed by atoms with Crippen molar-refractivity contribution in [3.8, 4) is 17.2 Å². The lowest BCUT2D eigenvalue weighted by molar-refractivity contribution is -0.154. The molecule has 4 rings (SSSR count). The first-order valence-corrected chi connectivity index (χ1v) is 12.0. The van der Waals surface area contributed by atoms with Crippen molar-refractivity contribution in [2.24, 2.45) is 0 Å². The Morgan fingerprint density at radius 1 is 0.853 bits per heavy atom. The number of carboxylic acids is 1. The van der Waals surface area contributed by atoms with Gasteiger partial charge in [0.05, 0.1) is 13.2 Å². The minimum absolute atomic E-state index is 0.481. The lowest BCUT2D eigenvalue weighted by atomic mass is 9.91. The molecule has 34 heavy (non-hydrogen) atoms. The first kappa shape index (κ1) is 24.0. The van der Waals surface area contributed by atoms with E-state index in [9.17, 15) is 9.90 Å². The van der Waals surface area contributed by atoms with Gasteiger partial charge in [-0.2, -0.15) is 0 Å². The van der Waals surface area contributed by atoms with E-state index in [-0.39, 0.29) is 0 Å². The Morgan fingerprint density at radius 2 is 1.41 bits per heavy atom. The molecule has 1 aliphatic carbocycles. The second kappa shape index (κ2) is 10.8. The van der Waals surface area contributed by atoms with Crippen LogP contribution in [0.3, 0.4) is 0 Å². The van der Waals surface area contributed by atoms with Gasteiger partial charge < -0.3 is 19.3 Å². The van der Waals surface area contributed by atoms with Crippen molar-refractivity contribution in [1.29, 1.82) is 0 Å². The number of carboxylic acid groups (broad SMARTS) is 1. The molecule has 0 saturated heterocycles. The summed E-state index contributed by atoms with van der Waals surface area (Å²) in [6.07, 6.45) is 5.14. The third-order valence-corrected chi connectivity index (χ3v) is 6.35. The van der Waals surface area contributed by atoms with E-state index < -0.39 is 11.6 Å². The van der Waals surface area contributed by atoms with Gasteiger partial charge in [-0.05, 0) is 92.3 Å². The van der Waals surface area contributed by atoms with Crippen LogP contribution in [0.2, 0.25) is 5.02 Å². The molecule has 0 fully saturated rings. The number of aryl methyl sites for hydroxylation is 2. The maximum atomic E-state index is 12.2. The fourth-order valence-corrected chi connectivity index (χ4v) is 4.20. The van der Waals surface area contributed by atoms with Crippen LogP contribution < -0.4 is 14.2 Å². The van der Waals surface area contributed by atoms with Crippen LogP contribution >= 0.6 is 11.6 Å². The molecule has 3 aromatic carbocycles. The zero-order valence-corrected chi connectivity index (χ0v) is 20.0. The van der Waals surface area contributed by atoms with Crippen molar-refractivity contribution in [1.82, 2.24) is 0 Å². The number of fused-ring (bicyclic) bond motifs is 1. The molecular formula is C28H29ClO5. The predicted octanol–water partition coefficient (Wildman–Crippen LogP) is 6.45. The molecule has 178 valence electrons. The Balaban J connectivity index is 1.33. The van der Waals surface area contributed by atoms with Crippen molar-refractivity contribution in [3.63, 3.8) is 0 Å². The number of benzene rings is 3. The first-order valence-electron chi connectivity index (χ1n) is 11.6. The summed E-state index contributed by atoms with van der Waals surface area (Å²) in [6.45, 7) is 2.58. The fraction of sp³-hybridized carbons (Fsp3) is 0.321. The molecule has 0 spiro atoms. The molecular weight excluding hydrogens is 452 g/mol. The van der Waals surface area contributed by atoms with E-state index in [1.54, 1.807) is 43.3 Å². The van der Waals surface area contributed by atoms with Gasteiger partial charge in [-0.25, -0.2) is 4.79 Å². The average molecular weight is 481 g/mol. The normalized spacial score (nSPS) is 14.5. The first-order chi connectivity index (χ1) is 16.4. The van der Waals surface area contributed by atoms with Gasteiger partial charge in [-0.1, -0.05) is 29.8 Å². The third-order valence-electron chi connectivity index (χ3n) is 6.09. The van der Waals surface area contributed by atoms with E-state index in [0.29, 0.717) is 41.7 Å². The van der Waals surface area contributed by atoms with Crippen LogP contribution in [0.25, 0.3) is 0 Å². The zero-order valence-electron chi connectivity index (χ0n) is 19.3. The number of halogens is 1. The largest absolute Gasteiger partial charge is 0.493 e. The summed E-state index contributed by atoms with van der Waals surface area (Å²) in [4.78, 5) is 12.2. The number of aliphatic carboxylic acids is 1. The molecule has 0 heterocycles. The van der Waals surface area contributed by atoms with Gasteiger partial charge in [0, 0.05) is 17.0 Å². The third kappa shape index (κ3) is 5.84. The predicted molar refractivity (Wildman–Crippen MR) is 132 cm³/mol. The van der Waals surface area contributed by atoms with Gasteiger partial charge >= 0.3 is 5.97 Å². The summed E-state index contributed by atoms with van der Waals surface area (Å²) in [5, 5.41) is 10.7. The van der Waals surface area contributed by atoms with Crippen LogP contribution in [0.4, 0.5) is 0 Å². The summed E-state index contributed by atoms with van der Waals surface area (Å²) in [5.74, 6) is 0.960. The highest BCUT2D eigenvalue weighted by Crippen LogP contribution is 2.32. The van der Waals surface area contributed by atoms with Gasteiger partial charge in [0.25, 0.3) is 0 Å². The molecule has 1 N–H and O–H groups in total. The zero-order chi connectivity index (χ0) is 24.0. The standard InChI is InChI=1S/C28H29ClO5/c1-28(27(30)31,34-26-12-7-20-5-2-3-6-21(20)19-26)22-8-13-24(14-9-22)32-17-4-18-33-25-15-10-23(29)11-16-25/h7-16,19H,2-6,17-18H2,1H3,(H,30,31). The molecule has 0 radical (unpaired) electrons. The lowest BCUT2D eigenvalue weighted by Crippen LogP contribution is -2.38. The highest BCUT2D eigenvalue weighted by molar-refractivity contribution is 6.30. The van der Waals surface area contributed by atoms with Gasteiger partial charge in [0.1, 0.15) is 17.2 Å². The van der Waals surface area contributed by atoms with E-state index in [4.69, 9.17) is 25.8 Å². The number of hydrogen-bond acceptors (Lipinski definition) is 4. The minimum Gasteiger partial charge on any atom is -0.493 e. The smallest absolute Gasteiger partial charge is 0.352 e. The molecule has 0 aromatic heterocycles. The highest BCUT2D eigenvalue weighted by Gasteiger charge is 2.38. The fourth-order valence-electron chi connectivity index (χ4n) is 4.07. The molecule has 6 heteroatoms. The summed E-state index contributed by atoms with van der Waals surface area (Å²) in [7, 11) is 0. The van der Waals surface area contributed by atoms with E-state index in [1.165, 1.54) is 17.5 Å². The Labute approximate surface area is 205 Å². The quantitative estimate of drug-likeness (QED) is 0.338. The van der Waals surface area contributed by atoms with Crippen LogP contribution in [0.5, 0.6) is 17.2 Å². The van der Waals surface area contributed by atoms with Gasteiger partial charge in [-0.3, -0.25) is 0 Å². The van der Waals surface area contributed by atoms with Crippen molar-refractivity contribution >= 4 is 17.6 Å². The number of carbonyl (C=O) groups is 1. The highest BCUT2D eigenvalue weighted by atomic mass is 35.5. The van der Waals surface area contributed by atoms with E-state index in [2.05, 4.69) is 6.07 Å². The second-order valence-electron chi connectivity index (χ2n) is 8.61. The molecule has 1 unspecified atom stereocenters. The maximum absolute atomic E-state index is 12.2. The Morgan fingerprint density at radius 3 is 2.03 bits per heavy atom. The summed E-state index contributed by atoms with van der Waals surface area (Å²) < 4.78 is 17.5. The van der Waals surface area contributed by atoms with Crippen molar-refractivity contribution in [2.75, 3.05) is 13.2 Å². The lowest BCUT2D eigenvalue weighted by Gasteiger charge is -2.28. The van der Waals surface area contributed by atoms with E-state index >= 15 is 0 Å². The molecule has 0 bridgehead atoms. The molecule has 1 atom stereocenters.